The van der Waals surface area contributed by atoms with Crippen molar-refractivity contribution in [3.05, 3.63) is 88.7 Å². The van der Waals surface area contributed by atoms with Crippen molar-refractivity contribution in [2.24, 2.45) is 5.10 Å². The van der Waals surface area contributed by atoms with E-state index in [0.29, 0.717) is 34.1 Å². The summed E-state index contributed by atoms with van der Waals surface area (Å²) in [4.78, 5) is 30.4. The minimum Gasteiger partial charge on any atom is -0.497 e. The number of hydrazone groups is 1. The number of hydrogen-bond acceptors (Lipinski definition) is 7. The fraction of sp³-hybridized carbons (Fsp3) is 0.185. The third-order valence-electron chi connectivity index (χ3n) is 5.16. The van der Waals surface area contributed by atoms with Gasteiger partial charge in [0.15, 0.2) is 5.16 Å². The molecule has 9 heteroatoms. The molecule has 184 valence electrons. The Morgan fingerprint density at radius 1 is 1.06 bits per heavy atom. The molecular weight excluding hydrogens is 476 g/mol. The molecule has 0 saturated heterocycles. The van der Waals surface area contributed by atoms with Crippen molar-refractivity contribution in [3.63, 3.8) is 0 Å². The number of aromatic nitrogens is 2. The number of rotatable bonds is 10. The minimum absolute atomic E-state index is 0.0298. The quantitative estimate of drug-likeness (QED) is 0.149. The summed E-state index contributed by atoms with van der Waals surface area (Å²) in [6.07, 6.45) is 2.51. The van der Waals surface area contributed by atoms with E-state index >= 15 is 0 Å². The van der Waals surface area contributed by atoms with Crippen LogP contribution >= 0.6 is 11.8 Å². The summed E-state index contributed by atoms with van der Waals surface area (Å²) < 4.78 is 12.3. The Labute approximate surface area is 213 Å². The number of thioether (sulfide) groups is 1. The van der Waals surface area contributed by atoms with Gasteiger partial charge in [-0.1, -0.05) is 30.8 Å². The Kier molecular flexibility index (Phi) is 8.36. The SMILES string of the molecule is CCCOc1ccc(/C=N\NC(=O)CSc2nc3ccccc3c(=O)n2-c2ccc(OC)cc2)cc1. The molecule has 0 atom stereocenters. The van der Waals surface area contributed by atoms with E-state index < -0.39 is 0 Å². The maximum atomic E-state index is 13.3. The number of para-hydroxylation sites is 1. The Balaban J connectivity index is 1.47. The first-order chi connectivity index (χ1) is 17.6. The lowest BCUT2D eigenvalue weighted by Crippen LogP contribution is -2.24. The predicted molar refractivity (Wildman–Crippen MR) is 143 cm³/mol. The zero-order valence-electron chi connectivity index (χ0n) is 20.0. The number of hydrogen-bond donors (Lipinski definition) is 1. The second kappa shape index (κ2) is 12.0. The van der Waals surface area contributed by atoms with Crippen LogP contribution in [-0.4, -0.2) is 41.1 Å². The van der Waals surface area contributed by atoms with Crippen molar-refractivity contribution in [1.29, 1.82) is 0 Å². The Hall–Kier alpha value is -4.11. The first-order valence-electron chi connectivity index (χ1n) is 11.4. The number of fused-ring (bicyclic) bond motifs is 1. The van der Waals surface area contributed by atoms with Crippen LogP contribution in [0.25, 0.3) is 16.6 Å². The van der Waals surface area contributed by atoms with Gasteiger partial charge in [-0.05, 0) is 72.6 Å². The molecule has 4 rings (SSSR count). The summed E-state index contributed by atoms with van der Waals surface area (Å²) in [6, 6.07) is 21.7. The first kappa shape index (κ1) is 25.0. The van der Waals surface area contributed by atoms with Crippen LogP contribution in [0.2, 0.25) is 0 Å². The average molecular weight is 503 g/mol. The van der Waals surface area contributed by atoms with Crippen molar-refractivity contribution >= 4 is 34.8 Å². The second-order valence-electron chi connectivity index (χ2n) is 7.75. The van der Waals surface area contributed by atoms with Crippen molar-refractivity contribution in [2.75, 3.05) is 19.5 Å². The Morgan fingerprint density at radius 2 is 1.78 bits per heavy atom. The monoisotopic (exact) mass is 502 g/mol. The molecule has 1 N–H and O–H groups in total. The summed E-state index contributed by atoms with van der Waals surface area (Å²) in [6.45, 7) is 2.72. The zero-order chi connectivity index (χ0) is 25.3. The van der Waals surface area contributed by atoms with E-state index in [-0.39, 0.29) is 17.2 Å². The van der Waals surface area contributed by atoms with Crippen molar-refractivity contribution < 1.29 is 14.3 Å². The lowest BCUT2D eigenvalue weighted by molar-refractivity contribution is -0.118. The molecule has 0 fully saturated rings. The van der Waals surface area contributed by atoms with Crippen LogP contribution in [0.5, 0.6) is 11.5 Å². The number of ether oxygens (including phenoxy) is 2. The van der Waals surface area contributed by atoms with Gasteiger partial charge >= 0.3 is 0 Å². The average Bonchev–Trinajstić information content (AvgIpc) is 2.91. The highest BCUT2D eigenvalue weighted by molar-refractivity contribution is 7.99. The van der Waals surface area contributed by atoms with Gasteiger partial charge in [0.05, 0.1) is 42.3 Å². The lowest BCUT2D eigenvalue weighted by atomic mass is 10.2. The molecule has 0 spiro atoms. The molecule has 1 amide bonds. The van der Waals surface area contributed by atoms with Gasteiger partial charge in [-0.15, -0.1) is 0 Å². The summed E-state index contributed by atoms with van der Waals surface area (Å²) in [5, 5.41) is 4.94. The summed E-state index contributed by atoms with van der Waals surface area (Å²) in [5.74, 6) is 1.18. The first-order valence-corrected chi connectivity index (χ1v) is 12.4. The molecule has 0 unspecified atom stereocenters. The second-order valence-corrected chi connectivity index (χ2v) is 8.69. The van der Waals surface area contributed by atoms with E-state index in [1.165, 1.54) is 4.57 Å². The molecular formula is C27H26N4O4S. The highest BCUT2D eigenvalue weighted by Gasteiger charge is 2.15. The standard InChI is InChI=1S/C27H26N4O4S/c1-3-16-35-22-12-8-19(9-13-22)17-28-30-25(32)18-36-27-29-24-7-5-4-6-23(24)26(33)31(27)20-10-14-21(34-2)15-11-20/h4-15,17H,3,16,18H2,1-2H3,(H,30,32)/b28-17-. The van der Waals surface area contributed by atoms with E-state index in [0.717, 1.165) is 29.5 Å². The highest BCUT2D eigenvalue weighted by atomic mass is 32.2. The van der Waals surface area contributed by atoms with Gasteiger partial charge in [-0.3, -0.25) is 14.2 Å². The summed E-state index contributed by atoms with van der Waals surface area (Å²) in [7, 11) is 1.58. The van der Waals surface area contributed by atoms with Crippen molar-refractivity contribution in [2.45, 2.75) is 18.5 Å². The van der Waals surface area contributed by atoms with Crippen LogP contribution < -0.4 is 20.5 Å². The number of benzene rings is 3. The predicted octanol–water partition coefficient (Wildman–Crippen LogP) is 4.43. The van der Waals surface area contributed by atoms with Gasteiger partial charge in [0.25, 0.3) is 11.5 Å². The van der Waals surface area contributed by atoms with E-state index in [1.54, 1.807) is 55.8 Å². The van der Waals surface area contributed by atoms with Crippen LogP contribution in [-0.2, 0) is 4.79 Å². The van der Waals surface area contributed by atoms with E-state index in [9.17, 15) is 9.59 Å². The molecule has 8 nitrogen and oxygen atoms in total. The third-order valence-corrected chi connectivity index (χ3v) is 6.10. The normalized spacial score (nSPS) is 11.1. The molecule has 3 aromatic carbocycles. The lowest BCUT2D eigenvalue weighted by Gasteiger charge is -2.13. The maximum Gasteiger partial charge on any atom is 0.266 e. The van der Waals surface area contributed by atoms with Crippen LogP contribution in [0.1, 0.15) is 18.9 Å². The van der Waals surface area contributed by atoms with E-state index in [4.69, 9.17) is 9.47 Å². The number of carbonyl (C=O) groups is 1. The maximum absolute atomic E-state index is 13.3. The number of nitrogens with zero attached hydrogens (tertiary/aromatic N) is 3. The van der Waals surface area contributed by atoms with Gasteiger partial charge < -0.3 is 9.47 Å². The third kappa shape index (κ3) is 6.11. The molecule has 0 radical (unpaired) electrons. The molecule has 36 heavy (non-hydrogen) atoms. The largest absolute Gasteiger partial charge is 0.497 e. The van der Waals surface area contributed by atoms with Crippen molar-refractivity contribution in [3.8, 4) is 17.2 Å². The van der Waals surface area contributed by atoms with Crippen LogP contribution in [0.15, 0.2) is 87.8 Å². The molecule has 1 heterocycles. The number of methoxy groups -OCH3 is 1. The molecule has 0 aliphatic carbocycles. The molecule has 4 aromatic rings. The summed E-state index contributed by atoms with van der Waals surface area (Å²) >= 11 is 1.16. The molecule has 1 aromatic heterocycles. The number of carbonyl (C=O) groups excluding carboxylic acids is 1. The Morgan fingerprint density at radius 3 is 2.50 bits per heavy atom. The molecule has 0 saturated carbocycles. The minimum atomic E-state index is -0.317. The van der Waals surface area contributed by atoms with E-state index in [2.05, 4.69) is 22.4 Å². The fourth-order valence-corrected chi connectivity index (χ4v) is 4.18. The van der Waals surface area contributed by atoms with Gasteiger partial charge in [0.1, 0.15) is 11.5 Å². The molecule has 0 aliphatic rings. The van der Waals surface area contributed by atoms with Gasteiger partial charge in [-0.2, -0.15) is 5.10 Å². The van der Waals surface area contributed by atoms with Gasteiger partial charge in [0.2, 0.25) is 0 Å². The molecule has 0 aliphatic heterocycles. The smallest absolute Gasteiger partial charge is 0.266 e. The van der Waals surface area contributed by atoms with Crippen LogP contribution in [0.3, 0.4) is 0 Å². The summed E-state index contributed by atoms with van der Waals surface area (Å²) in [5.41, 5.74) is 4.34. The van der Waals surface area contributed by atoms with Crippen LogP contribution in [0, 0.1) is 0 Å². The number of amides is 1. The van der Waals surface area contributed by atoms with Gasteiger partial charge in [0, 0.05) is 0 Å². The zero-order valence-corrected chi connectivity index (χ0v) is 20.8. The van der Waals surface area contributed by atoms with Crippen molar-refractivity contribution in [1.82, 2.24) is 15.0 Å². The highest BCUT2D eigenvalue weighted by Crippen LogP contribution is 2.22. The fourth-order valence-electron chi connectivity index (χ4n) is 3.38. The number of nitrogens with one attached hydrogen (secondary N) is 1. The van der Waals surface area contributed by atoms with Gasteiger partial charge in [-0.25, -0.2) is 10.4 Å². The topological polar surface area (TPSA) is 94.8 Å². The van der Waals surface area contributed by atoms with E-state index in [1.807, 2.05) is 30.3 Å². The molecule has 0 bridgehead atoms. The Bertz CT molecular complexity index is 1420. The van der Waals surface area contributed by atoms with Crippen LogP contribution in [0.4, 0.5) is 0 Å².